The standard InChI is InChI=1S/C17H22IN3O3/c1-11(14-9-13(23-3)5-6-16(14)24-4)20-17(22)7-8-21-12(2)15(18)10-19-21/h5-6,9-11H,7-8H2,1-4H3,(H,20,22). The fraction of sp³-hybridized carbons (Fsp3) is 0.412. The summed E-state index contributed by atoms with van der Waals surface area (Å²) >= 11 is 2.23. The van der Waals surface area contributed by atoms with Gasteiger partial charge in [0, 0.05) is 24.2 Å². The van der Waals surface area contributed by atoms with Gasteiger partial charge in [-0.3, -0.25) is 9.48 Å². The van der Waals surface area contributed by atoms with E-state index in [1.54, 1.807) is 20.4 Å². The van der Waals surface area contributed by atoms with Crippen molar-refractivity contribution in [3.8, 4) is 11.5 Å². The topological polar surface area (TPSA) is 65.4 Å². The van der Waals surface area contributed by atoms with Gasteiger partial charge in [-0.05, 0) is 54.6 Å². The molecule has 1 unspecified atom stereocenters. The summed E-state index contributed by atoms with van der Waals surface area (Å²) in [5.41, 5.74) is 1.96. The molecule has 1 atom stereocenters. The summed E-state index contributed by atoms with van der Waals surface area (Å²) in [6.45, 7) is 4.48. The molecule has 0 saturated heterocycles. The van der Waals surface area contributed by atoms with Gasteiger partial charge in [0.2, 0.25) is 5.91 Å². The number of carbonyl (C=O) groups is 1. The minimum Gasteiger partial charge on any atom is -0.497 e. The minimum absolute atomic E-state index is 0.0303. The molecule has 0 saturated carbocycles. The Balaban J connectivity index is 1.99. The van der Waals surface area contributed by atoms with E-state index in [-0.39, 0.29) is 11.9 Å². The summed E-state index contributed by atoms with van der Waals surface area (Å²) in [6, 6.07) is 5.37. The van der Waals surface area contributed by atoms with Crippen molar-refractivity contribution < 1.29 is 14.3 Å². The second-order valence-corrected chi connectivity index (χ2v) is 6.61. The number of benzene rings is 1. The lowest BCUT2D eigenvalue weighted by Gasteiger charge is -2.18. The normalized spacial score (nSPS) is 11.9. The van der Waals surface area contributed by atoms with E-state index >= 15 is 0 Å². The maximum Gasteiger partial charge on any atom is 0.222 e. The molecule has 7 heteroatoms. The Morgan fingerprint density at radius 3 is 2.71 bits per heavy atom. The van der Waals surface area contributed by atoms with Crippen LogP contribution in [0.5, 0.6) is 11.5 Å². The van der Waals surface area contributed by atoms with Gasteiger partial charge in [0.05, 0.1) is 30.0 Å². The first-order valence-electron chi connectivity index (χ1n) is 7.65. The number of ether oxygens (including phenoxy) is 2. The predicted octanol–water partition coefficient (Wildman–Crippen LogP) is 3.08. The van der Waals surface area contributed by atoms with Crippen LogP contribution in [-0.4, -0.2) is 29.9 Å². The number of halogens is 1. The fourth-order valence-electron chi connectivity index (χ4n) is 2.43. The Hall–Kier alpha value is -1.77. The highest BCUT2D eigenvalue weighted by molar-refractivity contribution is 14.1. The highest BCUT2D eigenvalue weighted by atomic mass is 127. The van der Waals surface area contributed by atoms with E-state index in [0.29, 0.717) is 13.0 Å². The first-order chi connectivity index (χ1) is 11.5. The second kappa shape index (κ2) is 8.36. The van der Waals surface area contributed by atoms with Gasteiger partial charge in [-0.15, -0.1) is 0 Å². The summed E-state index contributed by atoms with van der Waals surface area (Å²) in [7, 11) is 3.23. The molecule has 130 valence electrons. The van der Waals surface area contributed by atoms with Crippen molar-refractivity contribution in [1.29, 1.82) is 0 Å². The lowest BCUT2D eigenvalue weighted by atomic mass is 10.1. The minimum atomic E-state index is -0.179. The molecule has 2 aromatic rings. The van der Waals surface area contributed by atoms with Gasteiger partial charge in [-0.1, -0.05) is 0 Å². The first-order valence-corrected chi connectivity index (χ1v) is 8.73. The first kappa shape index (κ1) is 18.6. The van der Waals surface area contributed by atoms with Crippen molar-refractivity contribution in [2.75, 3.05) is 14.2 Å². The van der Waals surface area contributed by atoms with Crippen molar-refractivity contribution in [2.45, 2.75) is 32.9 Å². The van der Waals surface area contributed by atoms with Crippen LogP contribution in [0.15, 0.2) is 24.4 Å². The molecule has 24 heavy (non-hydrogen) atoms. The number of hydrogen-bond donors (Lipinski definition) is 1. The van der Waals surface area contributed by atoms with Crippen LogP contribution in [0.4, 0.5) is 0 Å². The van der Waals surface area contributed by atoms with Crippen LogP contribution in [0, 0.1) is 10.5 Å². The molecule has 0 bridgehead atoms. The van der Waals surface area contributed by atoms with Crippen molar-refractivity contribution in [3.05, 3.63) is 39.2 Å². The number of amides is 1. The van der Waals surface area contributed by atoms with Crippen LogP contribution in [-0.2, 0) is 11.3 Å². The number of carbonyl (C=O) groups excluding carboxylic acids is 1. The molecule has 1 N–H and O–H groups in total. The van der Waals surface area contributed by atoms with Crippen molar-refractivity contribution in [2.24, 2.45) is 0 Å². The maximum atomic E-state index is 12.2. The molecule has 0 aliphatic heterocycles. The molecule has 6 nitrogen and oxygen atoms in total. The molecular weight excluding hydrogens is 421 g/mol. The summed E-state index contributed by atoms with van der Waals surface area (Å²) in [5, 5.41) is 7.27. The van der Waals surface area contributed by atoms with Gasteiger partial charge in [0.25, 0.3) is 0 Å². The quantitative estimate of drug-likeness (QED) is 0.669. The molecule has 0 aliphatic carbocycles. The van der Waals surface area contributed by atoms with Crippen LogP contribution >= 0.6 is 22.6 Å². The average Bonchev–Trinajstić information content (AvgIpc) is 2.91. The number of rotatable bonds is 7. The molecular formula is C17H22IN3O3. The van der Waals surface area contributed by atoms with E-state index in [4.69, 9.17) is 9.47 Å². The van der Waals surface area contributed by atoms with Gasteiger partial charge in [0.15, 0.2) is 0 Å². The SMILES string of the molecule is COc1ccc(OC)c(C(C)NC(=O)CCn2ncc(I)c2C)c1. The van der Waals surface area contributed by atoms with Gasteiger partial charge >= 0.3 is 0 Å². The van der Waals surface area contributed by atoms with Gasteiger partial charge in [0.1, 0.15) is 11.5 Å². The van der Waals surface area contributed by atoms with E-state index in [2.05, 4.69) is 33.0 Å². The Bertz CT molecular complexity index is 715. The zero-order valence-electron chi connectivity index (χ0n) is 14.3. The second-order valence-electron chi connectivity index (χ2n) is 5.45. The number of nitrogens with one attached hydrogen (secondary N) is 1. The smallest absolute Gasteiger partial charge is 0.222 e. The zero-order chi connectivity index (χ0) is 17.7. The zero-order valence-corrected chi connectivity index (χ0v) is 16.5. The van der Waals surface area contributed by atoms with Crippen LogP contribution in [0.3, 0.4) is 0 Å². The molecule has 0 aliphatic rings. The van der Waals surface area contributed by atoms with E-state index in [0.717, 1.165) is 26.3 Å². The Kier molecular flexibility index (Phi) is 6.47. The lowest BCUT2D eigenvalue weighted by molar-refractivity contribution is -0.122. The third-order valence-corrected chi connectivity index (χ3v) is 4.93. The molecule has 1 aromatic heterocycles. The maximum absolute atomic E-state index is 12.2. The van der Waals surface area contributed by atoms with Gasteiger partial charge in [-0.25, -0.2) is 0 Å². The predicted molar refractivity (Wildman–Crippen MR) is 100 cm³/mol. The van der Waals surface area contributed by atoms with Crippen LogP contribution in [0.25, 0.3) is 0 Å². The van der Waals surface area contributed by atoms with Gasteiger partial charge < -0.3 is 14.8 Å². The molecule has 0 fully saturated rings. The summed E-state index contributed by atoms with van der Waals surface area (Å²) < 4.78 is 13.6. The highest BCUT2D eigenvalue weighted by Crippen LogP contribution is 2.29. The van der Waals surface area contributed by atoms with Crippen LogP contribution in [0.2, 0.25) is 0 Å². The Morgan fingerprint density at radius 2 is 2.12 bits per heavy atom. The highest BCUT2D eigenvalue weighted by Gasteiger charge is 2.15. The molecule has 1 heterocycles. The van der Waals surface area contributed by atoms with Gasteiger partial charge in [-0.2, -0.15) is 5.10 Å². The average molecular weight is 443 g/mol. The third-order valence-electron chi connectivity index (χ3n) is 3.87. The Labute approximate surface area is 155 Å². The molecule has 1 aromatic carbocycles. The number of aryl methyl sites for hydroxylation is 1. The fourth-order valence-corrected chi connectivity index (χ4v) is 2.83. The number of nitrogens with zero attached hydrogens (tertiary/aromatic N) is 2. The van der Waals surface area contributed by atoms with Crippen molar-refractivity contribution >= 4 is 28.5 Å². The Morgan fingerprint density at radius 1 is 1.38 bits per heavy atom. The van der Waals surface area contributed by atoms with Crippen LogP contribution in [0.1, 0.15) is 30.6 Å². The van der Waals surface area contributed by atoms with Crippen molar-refractivity contribution in [3.63, 3.8) is 0 Å². The summed E-state index contributed by atoms with van der Waals surface area (Å²) in [4.78, 5) is 12.2. The molecule has 2 rings (SSSR count). The molecule has 0 spiro atoms. The van der Waals surface area contributed by atoms with E-state index < -0.39 is 0 Å². The third kappa shape index (κ3) is 4.40. The van der Waals surface area contributed by atoms with E-state index in [9.17, 15) is 4.79 Å². The largest absolute Gasteiger partial charge is 0.497 e. The molecule has 1 amide bonds. The summed E-state index contributed by atoms with van der Waals surface area (Å²) in [6.07, 6.45) is 2.17. The monoisotopic (exact) mass is 443 g/mol. The number of aromatic nitrogens is 2. The van der Waals surface area contributed by atoms with E-state index in [1.165, 1.54) is 0 Å². The summed E-state index contributed by atoms with van der Waals surface area (Å²) in [5.74, 6) is 1.42. The molecule has 0 radical (unpaired) electrons. The van der Waals surface area contributed by atoms with Crippen molar-refractivity contribution in [1.82, 2.24) is 15.1 Å². The van der Waals surface area contributed by atoms with E-state index in [1.807, 2.05) is 36.7 Å². The lowest BCUT2D eigenvalue weighted by Crippen LogP contribution is -2.28. The number of methoxy groups -OCH3 is 2. The number of hydrogen-bond acceptors (Lipinski definition) is 4. The van der Waals surface area contributed by atoms with Crippen LogP contribution < -0.4 is 14.8 Å².